The maximum Gasteiger partial charge on any atom is 0.127 e. The molecule has 82 heavy (non-hydrogen) atoms. The Morgan fingerprint density at radius 1 is 0.268 bits per heavy atom. The van der Waals surface area contributed by atoms with Gasteiger partial charge in [0.25, 0.3) is 0 Å². The first-order chi connectivity index (χ1) is 38.5. The molecule has 8 heteroatoms. The number of rotatable bonds is 25. The second-order valence-electron chi connectivity index (χ2n) is 26.1. The maximum absolute atomic E-state index is 6.87. The van der Waals surface area contributed by atoms with Crippen LogP contribution < -0.4 is 60.2 Å². The smallest absolute Gasteiger partial charge is 0.127 e. The summed E-state index contributed by atoms with van der Waals surface area (Å²) in [4.78, 5) is 0. The summed E-state index contributed by atoms with van der Waals surface area (Å²) in [6, 6.07) is 33.3. The van der Waals surface area contributed by atoms with E-state index in [1.165, 1.54) is 76.3 Å². The topological polar surface area (TPSA) is 55.4 Å². The van der Waals surface area contributed by atoms with E-state index in [1.54, 1.807) is 0 Å². The minimum atomic E-state index is -1.35. The third kappa shape index (κ3) is 14.7. The Kier molecular flexibility index (Phi) is 22.8. The van der Waals surface area contributed by atoms with Crippen molar-refractivity contribution >= 4 is 47.7 Å². The van der Waals surface area contributed by atoms with Crippen LogP contribution in [0.4, 0.5) is 0 Å². The van der Waals surface area contributed by atoms with Crippen LogP contribution in [0.2, 0.25) is 0 Å². The normalized spacial score (nSPS) is 12.3. The van der Waals surface area contributed by atoms with Crippen molar-refractivity contribution < 1.29 is 28.4 Å². The van der Waals surface area contributed by atoms with Crippen LogP contribution in [0, 0.1) is 0 Å². The number of hydrogen-bond acceptors (Lipinski definition) is 6. The van der Waals surface area contributed by atoms with E-state index in [0.29, 0.717) is 0 Å². The zero-order chi connectivity index (χ0) is 60.9. The van der Waals surface area contributed by atoms with E-state index in [4.69, 9.17) is 28.4 Å². The molecular weight excluding hydrogens is 1050 g/mol. The lowest BCUT2D eigenvalue weighted by molar-refractivity contribution is 0.235. The summed E-state index contributed by atoms with van der Waals surface area (Å²) >= 11 is 0. The molecule has 0 aliphatic rings. The van der Waals surface area contributed by atoms with E-state index in [2.05, 4.69) is 251 Å². The van der Waals surface area contributed by atoms with Gasteiger partial charge in [-0.3, -0.25) is 0 Å². The molecule has 0 N–H and O–H groups in total. The molecular formula is C74H104O6P2. The molecule has 0 atom stereocenters. The summed E-state index contributed by atoms with van der Waals surface area (Å²) in [5.41, 5.74) is 11.9. The largest absolute Gasteiger partial charge is 0.496 e. The Bertz CT molecular complexity index is 2640. The minimum Gasteiger partial charge on any atom is -0.496 e. The first-order valence-corrected chi connectivity index (χ1v) is 33.5. The molecule has 0 heterocycles. The Morgan fingerprint density at radius 2 is 0.451 bits per heavy atom. The molecule has 6 aromatic rings. The monoisotopic (exact) mass is 1150 g/mol. The predicted molar refractivity (Wildman–Crippen MR) is 358 cm³/mol. The second-order valence-corrected chi connectivity index (χ2v) is 30.5. The third-order valence-corrected chi connectivity index (χ3v) is 19.9. The van der Waals surface area contributed by atoms with Crippen LogP contribution in [-0.4, -0.2) is 38.6 Å². The molecule has 0 unspecified atom stereocenters. The SMILES string of the molecule is COc1cccc(P(c2cc(C(C)C)c(OC(C)C)c(C(C)C)c2)c2cc(C(C)C)c(OC(C)C)c(C(C)C)c2)c1-c1c(OC)cccc1P(c1cc(C(C)C)c(OC(C)C)c(C(C)C)c1)c1cc(C(C)C)c(OC(C)C)c(C(C)C)c1. The van der Waals surface area contributed by atoms with Gasteiger partial charge in [0.05, 0.1) is 38.6 Å². The van der Waals surface area contributed by atoms with Gasteiger partial charge in [0.2, 0.25) is 0 Å². The minimum absolute atomic E-state index is 0.0150. The van der Waals surface area contributed by atoms with Gasteiger partial charge < -0.3 is 28.4 Å². The Morgan fingerprint density at radius 3 is 0.598 bits per heavy atom. The molecule has 446 valence electrons. The van der Waals surface area contributed by atoms with Gasteiger partial charge in [-0.25, -0.2) is 0 Å². The highest BCUT2D eigenvalue weighted by Gasteiger charge is 2.35. The van der Waals surface area contributed by atoms with Crippen molar-refractivity contribution in [1.29, 1.82) is 0 Å². The van der Waals surface area contributed by atoms with E-state index in [1.807, 2.05) is 14.2 Å². The Balaban J connectivity index is 1.94. The van der Waals surface area contributed by atoms with E-state index < -0.39 is 15.8 Å². The molecule has 6 aromatic carbocycles. The molecule has 0 aromatic heterocycles. The first kappa shape index (κ1) is 66.1. The average Bonchev–Trinajstić information content (AvgIpc) is 3.40. The number of ether oxygens (including phenoxy) is 6. The molecule has 0 saturated heterocycles. The standard InChI is InChI=1S/C74H104O6P2/c1-41(2)57-33-53(34-58(42(3)4)71(57)77-49(17)18)81(54-35-59(43(5)6)72(78-50(19)20)60(36-54)44(7)8)67-31-27-29-65(75-25)69(67)70-66(76-26)30-28-32-68(70)82(55-37-61(45(9)10)73(79-51(21)22)62(38-55)46(11)12)56-39-63(47(13)14)74(80-52(23)24)64(40-56)48(15)16/h27-52H,1-26H3. The molecule has 6 nitrogen and oxygen atoms in total. The van der Waals surface area contributed by atoms with Crippen molar-refractivity contribution in [2.75, 3.05) is 14.2 Å². The average molecular weight is 1150 g/mol. The molecule has 0 fully saturated rings. The highest BCUT2D eigenvalue weighted by atomic mass is 31.1. The summed E-state index contributed by atoms with van der Waals surface area (Å²) < 4.78 is 41.0. The second kappa shape index (κ2) is 28.2. The van der Waals surface area contributed by atoms with Gasteiger partial charge in [-0.1, -0.05) is 135 Å². The predicted octanol–water partition coefficient (Wildman–Crippen LogP) is 19.0. The Hall–Kier alpha value is -5.02. The summed E-state index contributed by atoms with van der Waals surface area (Å²) in [6.07, 6.45) is 0.0602. The van der Waals surface area contributed by atoms with Crippen LogP contribution >= 0.6 is 15.8 Å². The zero-order valence-electron chi connectivity index (χ0n) is 55.4. The van der Waals surface area contributed by atoms with Crippen LogP contribution in [0.15, 0.2) is 84.9 Å². The van der Waals surface area contributed by atoms with Crippen LogP contribution in [-0.2, 0) is 0 Å². The van der Waals surface area contributed by atoms with E-state index in [0.717, 1.165) is 45.6 Å². The van der Waals surface area contributed by atoms with E-state index in [9.17, 15) is 0 Å². The Labute approximate surface area is 500 Å². The molecule has 0 radical (unpaired) electrons. The molecule has 0 aliphatic heterocycles. The lowest BCUT2D eigenvalue weighted by atomic mass is 9.93. The van der Waals surface area contributed by atoms with Crippen LogP contribution in [0.5, 0.6) is 34.5 Å². The first-order valence-electron chi connectivity index (χ1n) is 30.8. The third-order valence-electron chi connectivity index (χ3n) is 15.1. The van der Waals surface area contributed by atoms with Crippen molar-refractivity contribution in [3.63, 3.8) is 0 Å². The lowest BCUT2D eigenvalue weighted by Gasteiger charge is -2.32. The van der Waals surface area contributed by atoms with Gasteiger partial charge in [0, 0.05) is 11.1 Å². The fraction of sp³-hybridized carbons (Fsp3) is 0.514. The van der Waals surface area contributed by atoms with Crippen LogP contribution in [0.1, 0.15) is 258 Å². The van der Waals surface area contributed by atoms with Crippen molar-refractivity contribution in [1.82, 2.24) is 0 Å². The van der Waals surface area contributed by atoms with E-state index >= 15 is 0 Å². The summed E-state index contributed by atoms with van der Waals surface area (Å²) in [7, 11) is 0.951. The molecule has 0 aliphatic carbocycles. The van der Waals surface area contributed by atoms with Gasteiger partial charge in [-0.05, 0) is 256 Å². The quantitative estimate of drug-likeness (QED) is 0.0533. The zero-order valence-corrected chi connectivity index (χ0v) is 57.1. The summed E-state index contributed by atoms with van der Waals surface area (Å²) in [6.45, 7) is 54.0. The van der Waals surface area contributed by atoms with Gasteiger partial charge >= 0.3 is 0 Å². The van der Waals surface area contributed by atoms with E-state index in [-0.39, 0.29) is 71.8 Å². The number of benzene rings is 6. The van der Waals surface area contributed by atoms with Crippen molar-refractivity contribution in [2.45, 2.75) is 238 Å². The van der Waals surface area contributed by atoms with Crippen molar-refractivity contribution in [3.8, 4) is 45.6 Å². The molecule has 0 saturated carbocycles. The van der Waals surface area contributed by atoms with Gasteiger partial charge in [0.15, 0.2) is 0 Å². The molecule has 0 bridgehead atoms. The lowest BCUT2D eigenvalue weighted by Crippen LogP contribution is -2.29. The summed E-state index contributed by atoms with van der Waals surface area (Å²) in [5, 5.41) is 7.44. The molecule has 0 spiro atoms. The van der Waals surface area contributed by atoms with Crippen LogP contribution in [0.3, 0.4) is 0 Å². The highest BCUT2D eigenvalue weighted by Crippen LogP contribution is 2.52. The fourth-order valence-corrected chi connectivity index (χ4v) is 16.4. The fourth-order valence-electron chi connectivity index (χ4n) is 11.2. The van der Waals surface area contributed by atoms with Crippen molar-refractivity contribution in [3.05, 3.63) is 129 Å². The van der Waals surface area contributed by atoms with Gasteiger partial charge in [-0.2, -0.15) is 0 Å². The summed E-state index contributed by atoms with van der Waals surface area (Å²) in [5.74, 6) is 7.20. The number of methoxy groups -OCH3 is 2. The van der Waals surface area contributed by atoms with Gasteiger partial charge in [-0.15, -0.1) is 0 Å². The molecule has 6 rings (SSSR count). The van der Waals surface area contributed by atoms with Crippen LogP contribution in [0.25, 0.3) is 11.1 Å². The molecule has 0 amide bonds. The maximum atomic E-state index is 6.87. The highest BCUT2D eigenvalue weighted by molar-refractivity contribution is 7.80. The van der Waals surface area contributed by atoms with Gasteiger partial charge in [0.1, 0.15) is 34.5 Å². The van der Waals surface area contributed by atoms with Crippen molar-refractivity contribution in [2.24, 2.45) is 0 Å². The number of hydrogen-bond donors (Lipinski definition) is 0.